The van der Waals surface area contributed by atoms with E-state index in [1.54, 1.807) is 0 Å². The van der Waals surface area contributed by atoms with E-state index in [0.29, 0.717) is 0 Å². The van der Waals surface area contributed by atoms with Gasteiger partial charge < -0.3 is 8.97 Å². The molecule has 2 aromatic rings. The van der Waals surface area contributed by atoms with Crippen LogP contribution in [0.2, 0.25) is 0 Å². The normalized spacial score (nSPS) is 34.0. The highest BCUT2D eigenvalue weighted by Gasteiger charge is 2.48. The molecule has 4 bridgehead atoms. The molecule has 0 radical (unpaired) electrons. The third-order valence-corrected chi connectivity index (χ3v) is 12.1. The molecule has 0 aliphatic carbocycles. The Morgan fingerprint density at radius 1 is 0.512 bits per heavy atom. The SMILES string of the molecule is C[N+]1(CCCCCCC[N+]2(C)C3CCCC2CN(Cc2ccccc2)C3)C2CCCC1CN(Cc1ccccc1)C2. The van der Waals surface area contributed by atoms with Gasteiger partial charge in [-0.05, 0) is 49.7 Å². The Hall–Kier alpha value is -1.72. The van der Waals surface area contributed by atoms with Crippen molar-refractivity contribution in [1.29, 1.82) is 0 Å². The van der Waals surface area contributed by atoms with Gasteiger partial charge in [-0.1, -0.05) is 67.1 Å². The minimum atomic E-state index is 0.843. The van der Waals surface area contributed by atoms with Gasteiger partial charge in [0.05, 0.1) is 53.4 Å². The fourth-order valence-corrected chi connectivity index (χ4v) is 9.51. The van der Waals surface area contributed by atoms with Crippen molar-refractivity contribution in [3.63, 3.8) is 0 Å². The highest BCUT2D eigenvalue weighted by molar-refractivity contribution is 5.15. The van der Waals surface area contributed by atoms with Crippen molar-refractivity contribution in [2.75, 3.05) is 53.4 Å². The summed E-state index contributed by atoms with van der Waals surface area (Å²) in [5, 5.41) is 0. The van der Waals surface area contributed by atoms with E-state index >= 15 is 0 Å². The van der Waals surface area contributed by atoms with Crippen LogP contribution in [0.3, 0.4) is 0 Å². The van der Waals surface area contributed by atoms with E-state index in [9.17, 15) is 0 Å². The van der Waals surface area contributed by atoms with Gasteiger partial charge in [-0.15, -0.1) is 0 Å². The van der Waals surface area contributed by atoms with E-state index in [4.69, 9.17) is 0 Å². The standard InChI is InChI=1S/C37H58N4/c1-40(34-20-14-21-35(40)29-38(28-34)26-32-16-8-6-9-17-32)24-12-4-3-5-13-25-41(2)36-22-15-23-37(41)31-39(30-36)27-33-18-10-7-11-19-33/h6-11,16-19,34-37H,3-5,12-15,20-31H2,1-2H3/q+2. The third kappa shape index (κ3) is 6.77. The summed E-state index contributed by atoms with van der Waals surface area (Å²) in [7, 11) is 5.24. The number of likely N-dealkylation sites (N-methyl/N-ethyl adjacent to an activating group) is 2. The van der Waals surface area contributed by atoms with Crippen LogP contribution in [-0.2, 0) is 13.1 Å². The Balaban J connectivity index is 0.918. The van der Waals surface area contributed by atoms with E-state index in [2.05, 4.69) is 84.6 Å². The minimum Gasteiger partial charge on any atom is -0.319 e. The molecule has 4 heterocycles. The maximum Gasteiger partial charge on any atom is 0.102 e. The second-order valence-electron chi connectivity index (χ2n) is 14.7. The molecular formula is C37H58N4+2. The molecule has 4 unspecified atom stereocenters. The van der Waals surface area contributed by atoms with Gasteiger partial charge in [-0.3, -0.25) is 9.80 Å². The minimum absolute atomic E-state index is 0.843. The molecule has 6 rings (SSSR count). The molecule has 4 saturated heterocycles. The Morgan fingerprint density at radius 3 is 1.22 bits per heavy atom. The molecule has 0 amide bonds. The smallest absolute Gasteiger partial charge is 0.102 e. The third-order valence-electron chi connectivity index (χ3n) is 12.1. The Labute approximate surface area is 251 Å². The Morgan fingerprint density at radius 2 is 0.854 bits per heavy atom. The first-order valence-electron chi connectivity index (χ1n) is 17.3. The monoisotopic (exact) mass is 558 g/mol. The number of hydrogen-bond donors (Lipinski definition) is 0. The second-order valence-corrected chi connectivity index (χ2v) is 14.7. The van der Waals surface area contributed by atoms with Crippen LogP contribution < -0.4 is 0 Å². The predicted molar refractivity (Wildman–Crippen MR) is 171 cm³/mol. The van der Waals surface area contributed by atoms with Crippen molar-refractivity contribution >= 4 is 0 Å². The lowest BCUT2D eigenvalue weighted by Crippen LogP contribution is -2.70. The van der Waals surface area contributed by atoms with Crippen molar-refractivity contribution in [2.24, 2.45) is 0 Å². The maximum absolute atomic E-state index is 2.77. The second kappa shape index (κ2) is 13.3. The van der Waals surface area contributed by atoms with E-state index in [-0.39, 0.29) is 0 Å². The first kappa shape index (κ1) is 29.4. The number of benzene rings is 2. The molecule has 224 valence electrons. The Kier molecular flexibility index (Phi) is 9.51. The molecule has 2 aromatic carbocycles. The average Bonchev–Trinajstić information content (AvgIpc) is 2.95. The zero-order chi connectivity index (χ0) is 28.1. The fourth-order valence-electron chi connectivity index (χ4n) is 9.51. The summed E-state index contributed by atoms with van der Waals surface area (Å²) in [5.74, 6) is 0. The Bertz CT molecular complexity index is 957. The molecule has 0 N–H and O–H groups in total. The average molecular weight is 559 g/mol. The summed E-state index contributed by atoms with van der Waals surface area (Å²) in [5.41, 5.74) is 2.96. The van der Waals surface area contributed by atoms with Crippen LogP contribution in [0.25, 0.3) is 0 Å². The number of nitrogens with zero attached hydrogens (tertiary/aromatic N) is 4. The first-order chi connectivity index (χ1) is 20.0. The number of likely N-dealkylation sites (tertiary alicyclic amines) is 2. The van der Waals surface area contributed by atoms with E-state index in [1.807, 2.05) is 0 Å². The van der Waals surface area contributed by atoms with Crippen molar-refractivity contribution in [3.05, 3.63) is 71.8 Å². The van der Waals surface area contributed by atoms with Gasteiger partial charge in [-0.2, -0.15) is 0 Å². The number of piperazine rings is 2. The lowest BCUT2D eigenvalue weighted by atomic mass is 9.87. The molecule has 4 atom stereocenters. The van der Waals surface area contributed by atoms with Crippen LogP contribution in [0.5, 0.6) is 0 Å². The largest absolute Gasteiger partial charge is 0.319 e. The number of hydrogen-bond acceptors (Lipinski definition) is 2. The van der Waals surface area contributed by atoms with Gasteiger partial charge in [0.2, 0.25) is 0 Å². The summed E-state index contributed by atoms with van der Waals surface area (Å²) in [6.07, 6.45) is 15.8. The molecule has 4 fully saturated rings. The first-order valence-corrected chi connectivity index (χ1v) is 17.3. The molecular weight excluding hydrogens is 500 g/mol. The van der Waals surface area contributed by atoms with Crippen LogP contribution in [0.15, 0.2) is 60.7 Å². The van der Waals surface area contributed by atoms with Gasteiger partial charge in [-0.25, -0.2) is 0 Å². The number of unbranched alkanes of at least 4 members (excludes halogenated alkanes) is 4. The zero-order valence-corrected chi connectivity index (χ0v) is 26.3. The number of fused-ring (bicyclic) bond motifs is 4. The van der Waals surface area contributed by atoms with E-state index in [0.717, 1.165) is 37.3 Å². The van der Waals surface area contributed by atoms with Gasteiger partial charge >= 0.3 is 0 Å². The van der Waals surface area contributed by atoms with Crippen molar-refractivity contribution < 1.29 is 8.97 Å². The van der Waals surface area contributed by atoms with Crippen molar-refractivity contribution in [2.45, 2.75) is 108 Å². The summed E-state index contributed by atoms with van der Waals surface area (Å²) < 4.78 is 2.73. The molecule has 0 spiro atoms. The van der Waals surface area contributed by atoms with E-state index in [1.165, 1.54) is 130 Å². The lowest BCUT2D eigenvalue weighted by Gasteiger charge is -2.56. The summed E-state index contributed by atoms with van der Waals surface area (Å²) in [6.45, 7) is 10.3. The van der Waals surface area contributed by atoms with Gasteiger partial charge in [0.15, 0.2) is 0 Å². The molecule has 4 aliphatic heterocycles. The van der Waals surface area contributed by atoms with Gasteiger partial charge in [0.1, 0.15) is 24.2 Å². The maximum atomic E-state index is 2.77. The zero-order valence-electron chi connectivity index (χ0n) is 26.3. The van der Waals surface area contributed by atoms with Crippen LogP contribution in [0.4, 0.5) is 0 Å². The molecule has 0 aromatic heterocycles. The number of piperidine rings is 2. The van der Waals surface area contributed by atoms with Gasteiger partial charge in [0, 0.05) is 38.8 Å². The van der Waals surface area contributed by atoms with Crippen molar-refractivity contribution in [1.82, 2.24) is 9.80 Å². The topological polar surface area (TPSA) is 6.48 Å². The summed E-state index contributed by atoms with van der Waals surface area (Å²) >= 11 is 0. The molecule has 4 nitrogen and oxygen atoms in total. The predicted octanol–water partition coefficient (Wildman–Crippen LogP) is 6.70. The molecule has 0 saturated carbocycles. The molecule has 4 aliphatic rings. The molecule has 4 heteroatoms. The fraction of sp³-hybridized carbons (Fsp3) is 0.676. The number of quaternary nitrogens is 2. The van der Waals surface area contributed by atoms with Crippen molar-refractivity contribution in [3.8, 4) is 0 Å². The summed E-state index contributed by atoms with van der Waals surface area (Å²) in [4.78, 5) is 5.54. The van der Waals surface area contributed by atoms with Gasteiger partial charge in [0.25, 0.3) is 0 Å². The van der Waals surface area contributed by atoms with E-state index < -0.39 is 0 Å². The quantitative estimate of drug-likeness (QED) is 0.211. The van der Waals surface area contributed by atoms with Crippen LogP contribution in [0.1, 0.15) is 81.8 Å². The number of rotatable bonds is 12. The lowest BCUT2D eigenvalue weighted by molar-refractivity contribution is -0.966. The van der Waals surface area contributed by atoms with Crippen LogP contribution in [0, 0.1) is 0 Å². The highest BCUT2D eigenvalue weighted by Crippen LogP contribution is 2.37. The summed E-state index contributed by atoms with van der Waals surface area (Å²) in [6, 6.07) is 25.7. The van der Waals surface area contributed by atoms with Crippen LogP contribution >= 0.6 is 0 Å². The molecule has 41 heavy (non-hydrogen) atoms. The van der Waals surface area contributed by atoms with Crippen LogP contribution in [-0.4, -0.2) is 96.3 Å². The highest BCUT2D eigenvalue weighted by atomic mass is 15.5.